The standard InChI is InChI=1S/C17H18O/c1-2-3-4-5-9-17-15(13-18)12-11-14-8-6-7-10-16(14)17/h6-8,10,13H,2-4,11-12H2,1H3. The number of allylic oxidation sites excluding steroid dienone is 2. The lowest BCUT2D eigenvalue weighted by molar-refractivity contribution is -0.105. The number of hydrogen-bond donors (Lipinski definition) is 0. The summed E-state index contributed by atoms with van der Waals surface area (Å²) in [6, 6.07) is 8.26. The summed E-state index contributed by atoms with van der Waals surface area (Å²) < 4.78 is 0. The Bertz CT molecular complexity index is 526. The predicted molar refractivity (Wildman–Crippen MR) is 75.0 cm³/mol. The Morgan fingerprint density at radius 3 is 2.89 bits per heavy atom. The first kappa shape index (κ1) is 12.6. The summed E-state index contributed by atoms with van der Waals surface area (Å²) in [5.41, 5.74) is 4.26. The SMILES string of the molecule is CCCCC#CC1=C(C=O)CCc2ccccc21. The summed E-state index contributed by atoms with van der Waals surface area (Å²) in [6.45, 7) is 2.16. The van der Waals surface area contributed by atoms with E-state index in [0.29, 0.717) is 0 Å². The van der Waals surface area contributed by atoms with Gasteiger partial charge in [-0.25, -0.2) is 0 Å². The van der Waals surface area contributed by atoms with Gasteiger partial charge in [0, 0.05) is 17.6 Å². The van der Waals surface area contributed by atoms with E-state index in [-0.39, 0.29) is 0 Å². The minimum Gasteiger partial charge on any atom is -0.298 e. The maximum absolute atomic E-state index is 11.1. The molecule has 0 bridgehead atoms. The molecule has 0 radical (unpaired) electrons. The van der Waals surface area contributed by atoms with Gasteiger partial charge in [-0.2, -0.15) is 0 Å². The second-order valence-corrected chi connectivity index (χ2v) is 4.58. The Labute approximate surface area is 109 Å². The third-order valence-corrected chi connectivity index (χ3v) is 3.28. The van der Waals surface area contributed by atoms with E-state index in [1.165, 1.54) is 5.56 Å². The van der Waals surface area contributed by atoms with Crippen LogP contribution in [0.25, 0.3) is 5.57 Å². The Balaban J connectivity index is 2.34. The highest BCUT2D eigenvalue weighted by Crippen LogP contribution is 2.29. The van der Waals surface area contributed by atoms with Crippen LogP contribution in [-0.2, 0) is 11.2 Å². The van der Waals surface area contributed by atoms with Gasteiger partial charge in [-0.1, -0.05) is 49.5 Å². The van der Waals surface area contributed by atoms with Crippen LogP contribution in [-0.4, -0.2) is 6.29 Å². The highest BCUT2D eigenvalue weighted by Gasteiger charge is 2.16. The van der Waals surface area contributed by atoms with Crippen LogP contribution >= 0.6 is 0 Å². The molecular formula is C17H18O. The molecule has 0 fully saturated rings. The van der Waals surface area contributed by atoms with Crippen LogP contribution in [0.3, 0.4) is 0 Å². The fraction of sp³-hybridized carbons (Fsp3) is 0.353. The van der Waals surface area contributed by atoms with Crippen LogP contribution in [0.15, 0.2) is 29.8 Å². The van der Waals surface area contributed by atoms with Crippen LogP contribution in [0.4, 0.5) is 0 Å². The van der Waals surface area contributed by atoms with Crippen molar-refractivity contribution in [3.05, 3.63) is 41.0 Å². The molecule has 1 heteroatoms. The zero-order valence-electron chi connectivity index (χ0n) is 10.8. The summed E-state index contributed by atoms with van der Waals surface area (Å²) in [5, 5.41) is 0. The molecule has 0 aromatic heterocycles. The molecule has 0 atom stereocenters. The minimum atomic E-state index is 0.818. The van der Waals surface area contributed by atoms with Crippen molar-refractivity contribution in [1.29, 1.82) is 0 Å². The first-order valence-corrected chi connectivity index (χ1v) is 6.62. The van der Waals surface area contributed by atoms with Crippen LogP contribution in [0.5, 0.6) is 0 Å². The summed E-state index contributed by atoms with van der Waals surface area (Å²) >= 11 is 0. The molecule has 18 heavy (non-hydrogen) atoms. The quantitative estimate of drug-likeness (QED) is 0.445. The number of carbonyl (C=O) groups is 1. The maximum Gasteiger partial charge on any atom is 0.147 e. The van der Waals surface area contributed by atoms with Gasteiger partial charge in [0.1, 0.15) is 6.29 Å². The van der Waals surface area contributed by atoms with Crippen LogP contribution in [0.1, 0.15) is 43.7 Å². The molecule has 0 N–H and O–H groups in total. The molecule has 1 nitrogen and oxygen atoms in total. The van der Waals surface area contributed by atoms with Gasteiger partial charge in [0.2, 0.25) is 0 Å². The Hall–Kier alpha value is -1.81. The van der Waals surface area contributed by atoms with E-state index < -0.39 is 0 Å². The number of aldehydes is 1. The number of rotatable bonds is 3. The number of unbranched alkanes of at least 4 members (excludes halogenated alkanes) is 2. The van der Waals surface area contributed by atoms with Gasteiger partial charge in [0.05, 0.1) is 0 Å². The van der Waals surface area contributed by atoms with Crippen molar-refractivity contribution in [2.45, 2.75) is 39.0 Å². The maximum atomic E-state index is 11.1. The highest BCUT2D eigenvalue weighted by molar-refractivity contribution is 5.96. The summed E-state index contributed by atoms with van der Waals surface area (Å²) in [5.74, 6) is 6.41. The molecule has 0 spiro atoms. The molecule has 0 heterocycles. The van der Waals surface area contributed by atoms with E-state index in [0.717, 1.165) is 55.1 Å². The van der Waals surface area contributed by atoms with Crippen molar-refractivity contribution in [1.82, 2.24) is 0 Å². The average molecular weight is 238 g/mol. The van der Waals surface area contributed by atoms with Crippen LogP contribution < -0.4 is 0 Å². The zero-order valence-corrected chi connectivity index (χ0v) is 10.8. The number of hydrogen-bond acceptors (Lipinski definition) is 1. The Morgan fingerprint density at radius 1 is 1.28 bits per heavy atom. The predicted octanol–water partition coefficient (Wildman–Crippen LogP) is 3.78. The van der Waals surface area contributed by atoms with Gasteiger partial charge in [-0.15, -0.1) is 0 Å². The summed E-state index contributed by atoms with van der Waals surface area (Å²) in [6.07, 6.45) is 5.93. The molecule has 0 saturated carbocycles. The fourth-order valence-corrected chi connectivity index (χ4v) is 2.23. The van der Waals surface area contributed by atoms with E-state index in [2.05, 4.69) is 30.9 Å². The van der Waals surface area contributed by atoms with E-state index >= 15 is 0 Å². The van der Waals surface area contributed by atoms with E-state index in [1.54, 1.807) is 0 Å². The van der Waals surface area contributed by atoms with Gasteiger partial charge < -0.3 is 0 Å². The minimum absolute atomic E-state index is 0.818. The lowest BCUT2D eigenvalue weighted by atomic mass is 9.86. The normalized spacial score (nSPS) is 13.6. The monoisotopic (exact) mass is 238 g/mol. The largest absolute Gasteiger partial charge is 0.298 e. The van der Waals surface area contributed by atoms with Gasteiger partial charge in [0.15, 0.2) is 0 Å². The Morgan fingerprint density at radius 2 is 2.11 bits per heavy atom. The topological polar surface area (TPSA) is 17.1 Å². The Kier molecular flexibility index (Phi) is 4.36. The molecule has 2 rings (SSSR count). The van der Waals surface area contributed by atoms with Gasteiger partial charge in [0.25, 0.3) is 0 Å². The first-order chi connectivity index (χ1) is 8.86. The number of aryl methyl sites for hydroxylation is 1. The van der Waals surface area contributed by atoms with Gasteiger partial charge in [-0.05, 0) is 30.4 Å². The molecule has 1 aromatic carbocycles. The second-order valence-electron chi connectivity index (χ2n) is 4.58. The van der Waals surface area contributed by atoms with Crippen molar-refractivity contribution in [2.75, 3.05) is 0 Å². The van der Waals surface area contributed by atoms with Crippen LogP contribution in [0.2, 0.25) is 0 Å². The molecule has 0 saturated heterocycles. The van der Waals surface area contributed by atoms with E-state index in [4.69, 9.17) is 0 Å². The van der Waals surface area contributed by atoms with Crippen LogP contribution in [0, 0.1) is 11.8 Å². The summed E-state index contributed by atoms with van der Waals surface area (Å²) in [7, 11) is 0. The fourth-order valence-electron chi connectivity index (χ4n) is 2.23. The zero-order chi connectivity index (χ0) is 12.8. The van der Waals surface area contributed by atoms with Crippen molar-refractivity contribution >= 4 is 11.9 Å². The molecule has 92 valence electrons. The number of carbonyl (C=O) groups excluding carboxylic acids is 1. The van der Waals surface area contributed by atoms with Gasteiger partial charge >= 0.3 is 0 Å². The van der Waals surface area contributed by atoms with Crippen molar-refractivity contribution < 1.29 is 4.79 Å². The molecule has 0 unspecified atom stereocenters. The van der Waals surface area contributed by atoms with Crippen molar-refractivity contribution in [3.8, 4) is 11.8 Å². The molecule has 1 aliphatic carbocycles. The van der Waals surface area contributed by atoms with Crippen molar-refractivity contribution in [3.63, 3.8) is 0 Å². The molecule has 0 amide bonds. The molecule has 1 aliphatic rings. The smallest absolute Gasteiger partial charge is 0.147 e. The number of fused-ring (bicyclic) bond motifs is 1. The first-order valence-electron chi connectivity index (χ1n) is 6.62. The summed E-state index contributed by atoms with van der Waals surface area (Å²) in [4.78, 5) is 11.1. The molecule has 1 aromatic rings. The molecule has 0 aliphatic heterocycles. The third-order valence-electron chi connectivity index (χ3n) is 3.28. The lowest BCUT2D eigenvalue weighted by Gasteiger charge is -2.17. The highest BCUT2D eigenvalue weighted by atomic mass is 16.1. The second kappa shape index (κ2) is 6.21. The average Bonchev–Trinajstić information content (AvgIpc) is 2.43. The number of benzene rings is 1. The van der Waals surface area contributed by atoms with Gasteiger partial charge in [-0.3, -0.25) is 4.79 Å². The van der Waals surface area contributed by atoms with E-state index in [9.17, 15) is 4.79 Å². The lowest BCUT2D eigenvalue weighted by Crippen LogP contribution is -2.05. The van der Waals surface area contributed by atoms with Crippen molar-refractivity contribution in [2.24, 2.45) is 0 Å². The third kappa shape index (κ3) is 2.71. The molecular weight excluding hydrogens is 220 g/mol. The van der Waals surface area contributed by atoms with E-state index in [1.807, 2.05) is 12.1 Å².